The van der Waals surface area contributed by atoms with E-state index in [2.05, 4.69) is 15.6 Å². The molecule has 0 saturated heterocycles. The van der Waals surface area contributed by atoms with Crippen LogP contribution in [0.5, 0.6) is 0 Å². The third-order valence-electron chi connectivity index (χ3n) is 5.71. The molecule has 8 heteroatoms. The van der Waals surface area contributed by atoms with Crippen LogP contribution in [0.2, 0.25) is 0 Å². The van der Waals surface area contributed by atoms with Gasteiger partial charge in [0, 0.05) is 24.6 Å². The minimum Gasteiger partial charge on any atom is -0.352 e. The van der Waals surface area contributed by atoms with Gasteiger partial charge < -0.3 is 10.6 Å². The Hall–Kier alpha value is -3.16. The van der Waals surface area contributed by atoms with E-state index < -0.39 is 29.5 Å². The van der Waals surface area contributed by atoms with Crippen molar-refractivity contribution in [1.29, 1.82) is 0 Å². The summed E-state index contributed by atoms with van der Waals surface area (Å²) in [5, 5.41) is 5.44. The largest absolute Gasteiger partial charge is 0.416 e. The number of alkyl halides is 3. The number of hydrogen-bond donors (Lipinski definition) is 2. The number of pyridine rings is 1. The monoisotopic (exact) mass is 415 g/mol. The molecular formula is C22H20F3N3O2. The summed E-state index contributed by atoms with van der Waals surface area (Å²) in [6.07, 6.45) is 3.36. The van der Waals surface area contributed by atoms with Crippen molar-refractivity contribution in [3.8, 4) is 0 Å². The number of rotatable bonds is 5. The second kappa shape index (κ2) is 7.93. The van der Waals surface area contributed by atoms with Gasteiger partial charge in [0.15, 0.2) is 0 Å². The van der Waals surface area contributed by atoms with Crippen LogP contribution in [-0.4, -0.2) is 16.8 Å². The van der Waals surface area contributed by atoms with Crippen LogP contribution in [-0.2, 0) is 22.3 Å². The van der Waals surface area contributed by atoms with Crippen LogP contribution < -0.4 is 10.6 Å². The lowest BCUT2D eigenvalue weighted by molar-refractivity contribution is -0.137. The molecule has 30 heavy (non-hydrogen) atoms. The molecule has 4 rings (SSSR count). The number of carbonyl (C=O) groups is 2. The number of amides is 2. The molecule has 2 aliphatic carbocycles. The Morgan fingerprint density at radius 2 is 1.77 bits per heavy atom. The van der Waals surface area contributed by atoms with E-state index >= 15 is 0 Å². The smallest absolute Gasteiger partial charge is 0.352 e. The summed E-state index contributed by atoms with van der Waals surface area (Å²) >= 11 is 0. The first kappa shape index (κ1) is 20.1. The molecule has 1 fully saturated rings. The van der Waals surface area contributed by atoms with Gasteiger partial charge in [0.25, 0.3) is 0 Å². The van der Waals surface area contributed by atoms with Crippen LogP contribution in [0, 0.1) is 23.7 Å². The van der Waals surface area contributed by atoms with Gasteiger partial charge in [-0.15, -0.1) is 0 Å². The molecule has 0 radical (unpaired) electrons. The predicted octanol–water partition coefficient (Wildman–Crippen LogP) is 3.79. The molecule has 1 aromatic heterocycles. The highest BCUT2D eigenvalue weighted by Crippen LogP contribution is 2.48. The summed E-state index contributed by atoms with van der Waals surface area (Å²) in [6.45, 7) is 0.298. The van der Waals surface area contributed by atoms with Gasteiger partial charge in [-0.25, -0.2) is 0 Å². The van der Waals surface area contributed by atoms with Crippen molar-refractivity contribution in [2.45, 2.75) is 19.1 Å². The molecule has 2 amide bonds. The lowest BCUT2D eigenvalue weighted by atomic mass is 9.81. The van der Waals surface area contributed by atoms with Gasteiger partial charge in [-0.1, -0.05) is 24.3 Å². The standard InChI is InChI=1S/C22H20F3N3O2/c23-22(24,25)16-4-1-5-17(10-16)28-21(30)19-15-7-6-14(9-15)18(19)20(29)27-12-13-3-2-8-26-11-13/h1-8,10-11,14-15,18-19H,9,12H2,(H,27,29)(H,28,30). The quantitative estimate of drug-likeness (QED) is 0.730. The summed E-state index contributed by atoms with van der Waals surface area (Å²) in [7, 11) is 0. The Morgan fingerprint density at radius 3 is 2.43 bits per heavy atom. The summed E-state index contributed by atoms with van der Waals surface area (Å²) < 4.78 is 38.8. The van der Waals surface area contributed by atoms with E-state index in [9.17, 15) is 22.8 Å². The Balaban J connectivity index is 1.47. The number of fused-ring (bicyclic) bond motifs is 2. The Labute approximate surface area is 171 Å². The second-order valence-electron chi connectivity index (χ2n) is 7.65. The molecule has 2 aromatic rings. The lowest BCUT2D eigenvalue weighted by Gasteiger charge is -2.26. The SMILES string of the molecule is O=C(NCc1cccnc1)C1C2C=CC(C2)C1C(=O)Nc1cccc(C(F)(F)F)c1. The molecule has 1 saturated carbocycles. The van der Waals surface area contributed by atoms with Crippen molar-refractivity contribution in [2.75, 3.05) is 5.32 Å². The maximum atomic E-state index is 12.9. The van der Waals surface area contributed by atoms with E-state index in [1.54, 1.807) is 18.5 Å². The maximum Gasteiger partial charge on any atom is 0.416 e. The normalized spacial score (nSPS) is 24.6. The molecule has 0 spiro atoms. The number of nitrogens with one attached hydrogen (secondary N) is 2. The van der Waals surface area contributed by atoms with Crippen LogP contribution in [0.1, 0.15) is 17.5 Å². The van der Waals surface area contributed by atoms with Crippen molar-refractivity contribution in [1.82, 2.24) is 10.3 Å². The van der Waals surface area contributed by atoms with Crippen molar-refractivity contribution in [3.63, 3.8) is 0 Å². The molecular weight excluding hydrogens is 395 g/mol. The number of benzene rings is 1. The van der Waals surface area contributed by atoms with Crippen molar-refractivity contribution in [2.24, 2.45) is 23.7 Å². The first-order valence-corrected chi connectivity index (χ1v) is 9.66. The van der Waals surface area contributed by atoms with Gasteiger partial charge in [-0.3, -0.25) is 14.6 Å². The Bertz CT molecular complexity index is 975. The van der Waals surface area contributed by atoms with E-state index in [1.165, 1.54) is 12.1 Å². The van der Waals surface area contributed by atoms with Gasteiger partial charge in [0.05, 0.1) is 17.4 Å². The van der Waals surface area contributed by atoms with Gasteiger partial charge >= 0.3 is 6.18 Å². The molecule has 2 N–H and O–H groups in total. The van der Waals surface area contributed by atoms with Crippen LogP contribution in [0.15, 0.2) is 60.9 Å². The van der Waals surface area contributed by atoms with Crippen LogP contribution in [0.4, 0.5) is 18.9 Å². The van der Waals surface area contributed by atoms with Crippen molar-refractivity contribution >= 4 is 17.5 Å². The number of anilines is 1. The molecule has 2 aliphatic rings. The highest BCUT2D eigenvalue weighted by Gasteiger charge is 2.51. The third kappa shape index (κ3) is 4.08. The van der Waals surface area contributed by atoms with E-state index in [4.69, 9.17) is 0 Å². The Morgan fingerprint density at radius 1 is 1.03 bits per heavy atom. The fraction of sp³-hybridized carbons (Fsp3) is 0.318. The number of hydrogen-bond acceptors (Lipinski definition) is 3. The van der Waals surface area contributed by atoms with Crippen LogP contribution in [0.3, 0.4) is 0 Å². The zero-order valence-electron chi connectivity index (χ0n) is 15.9. The Kier molecular flexibility index (Phi) is 5.32. The number of halogens is 3. The predicted molar refractivity (Wildman–Crippen MR) is 104 cm³/mol. The molecule has 1 aromatic carbocycles. The third-order valence-corrected chi connectivity index (χ3v) is 5.71. The van der Waals surface area contributed by atoms with E-state index in [-0.39, 0.29) is 23.4 Å². The molecule has 0 aliphatic heterocycles. The zero-order valence-corrected chi connectivity index (χ0v) is 15.9. The topological polar surface area (TPSA) is 71.1 Å². The zero-order chi connectivity index (χ0) is 21.3. The van der Waals surface area contributed by atoms with Gasteiger partial charge in [0.2, 0.25) is 11.8 Å². The van der Waals surface area contributed by atoms with Crippen LogP contribution in [0.25, 0.3) is 0 Å². The molecule has 4 atom stereocenters. The number of nitrogens with zero attached hydrogens (tertiary/aromatic N) is 1. The second-order valence-corrected chi connectivity index (χ2v) is 7.65. The van der Waals surface area contributed by atoms with Crippen molar-refractivity contribution < 1.29 is 22.8 Å². The summed E-state index contributed by atoms with van der Waals surface area (Å²) in [5.74, 6) is -2.00. The van der Waals surface area contributed by atoms with Crippen molar-refractivity contribution in [3.05, 3.63) is 72.1 Å². The molecule has 2 bridgehead atoms. The number of aromatic nitrogens is 1. The van der Waals surface area contributed by atoms with Gasteiger partial charge in [0.1, 0.15) is 0 Å². The number of carbonyl (C=O) groups excluding carboxylic acids is 2. The minimum absolute atomic E-state index is 0.0545. The molecule has 5 nitrogen and oxygen atoms in total. The summed E-state index contributed by atoms with van der Waals surface area (Å²) in [4.78, 5) is 29.8. The summed E-state index contributed by atoms with van der Waals surface area (Å²) in [5.41, 5.74) is 0.0736. The first-order chi connectivity index (χ1) is 14.3. The average Bonchev–Trinajstić information content (AvgIpc) is 3.34. The van der Waals surface area contributed by atoms with Gasteiger partial charge in [-0.2, -0.15) is 13.2 Å². The highest BCUT2D eigenvalue weighted by atomic mass is 19.4. The van der Waals surface area contributed by atoms with Gasteiger partial charge in [-0.05, 0) is 48.1 Å². The fourth-order valence-electron chi connectivity index (χ4n) is 4.35. The summed E-state index contributed by atoms with van der Waals surface area (Å²) in [6, 6.07) is 8.12. The minimum atomic E-state index is -4.50. The maximum absolute atomic E-state index is 12.9. The molecule has 156 valence electrons. The first-order valence-electron chi connectivity index (χ1n) is 9.66. The molecule has 4 unspecified atom stereocenters. The fourth-order valence-corrected chi connectivity index (χ4v) is 4.35. The molecule has 1 heterocycles. The van der Waals surface area contributed by atoms with Crippen LogP contribution >= 0.6 is 0 Å². The van der Waals surface area contributed by atoms with E-state index in [0.717, 1.165) is 17.7 Å². The van der Waals surface area contributed by atoms with E-state index in [0.29, 0.717) is 13.0 Å². The highest BCUT2D eigenvalue weighted by molar-refractivity contribution is 5.97. The van der Waals surface area contributed by atoms with E-state index in [1.807, 2.05) is 18.2 Å². The average molecular weight is 415 g/mol. The number of allylic oxidation sites excluding steroid dienone is 2. The lowest BCUT2D eigenvalue weighted by Crippen LogP contribution is -2.41.